The highest BCUT2D eigenvalue weighted by Crippen LogP contribution is 2.23. The number of nitro benzene ring substituents is 1. The Kier molecular flexibility index (Phi) is 5.91. The van der Waals surface area contributed by atoms with Crippen molar-refractivity contribution in [3.8, 4) is 0 Å². The fourth-order valence-electron chi connectivity index (χ4n) is 1.66. The lowest BCUT2D eigenvalue weighted by molar-refractivity contribution is -0.384. The Morgan fingerprint density at radius 1 is 1.40 bits per heavy atom. The zero-order valence-corrected chi connectivity index (χ0v) is 12.4. The van der Waals surface area contributed by atoms with Crippen LogP contribution in [-0.2, 0) is 16.1 Å². The van der Waals surface area contributed by atoms with E-state index in [1.807, 2.05) is 13.8 Å². The molecule has 0 saturated heterocycles. The predicted molar refractivity (Wildman–Crippen MR) is 78.0 cm³/mol. The lowest BCUT2D eigenvalue weighted by Gasteiger charge is -2.22. The fourth-order valence-corrected chi connectivity index (χ4v) is 1.66. The summed E-state index contributed by atoms with van der Waals surface area (Å²) in [4.78, 5) is 10.4. The van der Waals surface area contributed by atoms with Crippen molar-refractivity contribution in [2.75, 3.05) is 26.1 Å². The SMILES string of the molecule is CNc1ccc([N+](=O)[O-])cc1COCCC(C)(C)OC. The fraction of sp³-hybridized carbons (Fsp3) is 0.571. The number of ether oxygens (including phenoxy) is 2. The lowest BCUT2D eigenvalue weighted by atomic mass is 10.1. The third-order valence-electron chi connectivity index (χ3n) is 3.23. The Morgan fingerprint density at radius 2 is 2.10 bits per heavy atom. The number of anilines is 1. The van der Waals surface area contributed by atoms with Gasteiger partial charge in [-0.1, -0.05) is 0 Å². The first-order chi connectivity index (χ1) is 9.39. The molecule has 20 heavy (non-hydrogen) atoms. The summed E-state index contributed by atoms with van der Waals surface area (Å²) in [5, 5.41) is 13.8. The van der Waals surface area contributed by atoms with Crippen LogP contribution < -0.4 is 5.32 Å². The summed E-state index contributed by atoms with van der Waals surface area (Å²) in [7, 11) is 3.44. The van der Waals surface area contributed by atoms with Crippen LogP contribution in [0.25, 0.3) is 0 Å². The van der Waals surface area contributed by atoms with Gasteiger partial charge < -0.3 is 14.8 Å². The van der Waals surface area contributed by atoms with Gasteiger partial charge >= 0.3 is 0 Å². The van der Waals surface area contributed by atoms with Gasteiger partial charge in [0.2, 0.25) is 0 Å². The second-order valence-corrected chi connectivity index (χ2v) is 5.11. The van der Waals surface area contributed by atoms with E-state index in [2.05, 4.69) is 5.32 Å². The summed E-state index contributed by atoms with van der Waals surface area (Å²) in [6, 6.07) is 4.70. The smallest absolute Gasteiger partial charge is 0.269 e. The molecular weight excluding hydrogens is 260 g/mol. The number of nitrogens with one attached hydrogen (secondary N) is 1. The Morgan fingerprint density at radius 3 is 2.65 bits per heavy atom. The number of nitrogens with zero attached hydrogens (tertiary/aromatic N) is 1. The molecule has 6 heteroatoms. The van der Waals surface area contributed by atoms with Gasteiger partial charge in [-0.05, 0) is 26.3 Å². The first kappa shape index (κ1) is 16.4. The topological polar surface area (TPSA) is 73.6 Å². The molecule has 1 aromatic carbocycles. The maximum absolute atomic E-state index is 10.8. The van der Waals surface area contributed by atoms with Crippen LogP contribution in [0.2, 0.25) is 0 Å². The maximum Gasteiger partial charge on any atom is 0.269 e. The Balaban J connectivity index is 2.62. The van der Waals surface area contributed by atoms with Gasteiger partial charge in [-0.3, -0.25) is 10.1 Å². The lowest BCUT2D eigenvalue weighted by Crippen LogP contribution is -2.24. The summed E-state index contributed by atoms with van der Waals surface area (Å²) in [5.74, 6) is 0. The molecule has 6 nitrogen and oxygen atoms in total. The second kappa shape index (κ2) is 7.21. The average molecular weight is 282 g/mol. The van der Waals surface area contributed by atoms with Crippen LogP contribution in [0.1, 0.15) is 25.8 Å². The van der Waals surface area contributed by atoms with Crippen molar-refractivity contribution in [3.05, 3.63) is 33.9 Å². The number of rotatable bonds is 8. The standard InChI is InChI=1S/C14H22N2O4/c1-14(2,19-4)7-8-20-10-11-9-12(16(17)18)5-6-13(11)15-3/h5-6,9,15H,7-8,10H2,1-4H3. The second-order valence-electron chi connectivity index (χ2n) is 5.11. The van der Waals surface area contributed by atoms with Crippen molar-refractivity contribution in [2.24, 2.45) is 0 Å². The van der Waals surface area contributed by atoms with Gasteiger partial charge in [0, 0.05) is 44.1 Å². The molecule has 0 aliphatic heterocycles. The van der Waals surface area contributed by atoms with E-state index in [1.54, 1.807) is 20.2 Å². The Hall–Kier alpha value is -1.66. The molecule has 0 aromatic heterocycles. The van der Waals surface area contributed by atoms with Crippen LogP contribution in [0.3, 0.4) is 0 Å². The van der Waals surface area contributed by atoms with Gasteiger partial charge in [-0.15, -0.1) is 0 Å². The normalized spacial score (nSPS) is 11.4. The highest BCUT2D eigenvalue weighted by molar-refractivity contribution is 5.55. The zero-order valence-electron chi connectivity index (χ0n) is 12.4. The van der Waals surface area contributed by atoms with Gasteiger partial charge in [0.1, 0.15) is 0 Å². The van der Waals surface area contributed by atoms with Crippen LogP contribution >= 0.6 is 0 Å². The molecule has 1 aromatic rings. The van der Waals surface area contributed by atoms with E-state index in [0.717, 1.165) is 17.7 Å². The maximum atomic E-state index is 10.8. The van der Waals surface area contributed by atoms with Crippen LogP contribution in [0.5, 0.6) is 0 Å². The van der Waals surface area contributed by atoms with Crippen LogP contribution in [0, 0.1) is 10.1 Å². The van der Waals surface area contributed by atoms with E-state index < -0.39 is 4.92 Å². The van der Waals surface area contributed by atoms with Crippen molar-refractivity contribution in [1.29, 1.82) is 0 Å². The highest BCUT2D eigenvalue weighted by atomic mass is 16.6. The number of non-ortho nitro benzene ring substituents is 1. The minimum Gasteiger partial charge on any atom is -0.388 e. The van der Waals surface area contributed by atoms with Crippen LogP contribution in [0.15, 0.2) is 18.2 Å². The summed E-state index contributed by atoms with van der Waals surface area (Å²) in [6.07, 6.45) is 0.757. The molecule has 0 aliphatic rings. The van der Waals surface area contributed by atoms with Gasteiger partial charge in [-0.25, -0.2) is 0 Å². The third-order valence-corrected chi connectivity index (χ3v) is 3.23. The number of benzene rings is 1. The van der Waals surface area contributed by atoms with Gasteiger partial charge in [0.05, 0.1) is 17.1 Å². The molecule has 1 N–H and O–H groups in total. The summed E-state index contributed by atoms with van der Waals surface area (Å²) in [5.41, 5.74) is 1.45. The minimum atomic E-state index is -0.406. The Labute approximate surface area is 119 Å². The molecule has 0 amide bonds. The molecule has 0 atom stereocenters. The molecule has 0 unspecified atom stereocenters. The van der Waals surface area contributed by atoms with Crippen molar-refractivity contribution in [3.63, 3.8) is 0 Å². The van der Waals surface area contributed by atoms with E-state index in [-0.39, 0.29) is 11.3 Å². The number of nitro groups is 1. The molecule has 112 valence electrons. The molecule has 0 radical (unpaired) electrons. The zero-order chi connectivity index (χ0) is 15.2. The highest BCUT2D eigenvalue weighted by Gasteiger charge is 2.16. The number of hydrogen-bond acceptors (Lipinski definition) is 5. The van der Waals surface area contributed by atoms with E-state index in [4.69, 9.17) is 9.47 Å². The quantitative estimate of drug-likeness (QED) is 0.451. The van der Waals surface area contributed by atoms with Gasteiger partial charge in [0.15, 0.2) is 0 Å². The van der Waals surface area contributed by atoms with Crippen molar-refractivity contribution in [1.82, 2.24) is 0 Å². The molecule has 0 aliphatic carbocycles. The number of hydrogen-bond donors (Lipinski definition) is 1. The first-order valence-electron chi connectivity index (χ1n) is 6.47. The van der Waals surface area contributed by atoms with E-state index in [1.165, 1.54) is 12.1 Å². The molecule has 0 saturated carbocycles. The monoisotopic (exact) mass is 282 g/mol. The van der Waals surface area contributed by atoms with Crippen molar-refractivity contribution in [2.45, 2.75) is 32.5 Å². The van der Waals surface area contributed by atoms with Crippen molar-refractivity contribution < 1.29 is 14.4 Å². The minimum absolute atomic E-state index is 0.0693. The van der Waals surface area contributed by atoms with E-state index in [9.17, 15) is 10.1 Å². The molecule has 0 spiro atoms. The third kappa shape index (κ3) is 4.79. The largest absolute Gasteiger partial charge is 0.388 e. The first-order valence-corrected chi connectivity index (χ1v) is 6.47. The molecule has 0 heterocycles. The van der Waals surface area contributed by atoms with Gasteiger partial charge in [0.25, 0.3) is 5.69 Å². The summed E-state index contributed by atoms with van der Waals surface area (Å²) >= 11 is 0. The molecule has 0 bridgehead atoms. The van der Waals surface area contributed by atoms with Gasteiger partial charge in [-0.2, -0.15) is 0 Å². The van der Waals surface area contributed by atoms with Crippen LogP contribution in [0.4, 0.5) is 11.4 Å². The number of methoxy groups -OCH3 is 1. The summed E-state index contributed by atoms with van der Waals surface area (Å²) in [6.45, 7) is 4.84. The molecule has 0 fully saturated rings. The average Bonchev–Trinajstić information content (AvgIpc) is 2.43. The Bertz CT molecular complexity index is 460. The van der Waals surface area contributed by atoms with Crippen molar-refractivity contribution >= 4 is 11.4 Å². The van der Waals surface area contributed by atoms with E-state index in [0.29, 0.717) is 13.2 Å². The van der Waals surface area contributed by atoms with E-state index >= 15 is 0 Å². The predicted octanol–water partition coefficient (Wildman–Crippen LogP) is 2.97. The van der Waals surface area contributed by atoms with Crippen LogP contribution in [-0.4, -0.2) is 31.3 Å². The summed E-state index contributed by atoms with van der Waals surface area (Å²) < 4.78 is 10.9. The molecular formula is C14H22N2O4. The molecule has 1 rings (SSSR count).